The summed E-state index contributed by atoms with van der Waals surface area (Å²) in [6, 6.07) is 1.36. The van der Waals surface area contributed by atoms with E-state index >= 15 is 0 Å². The van der Waals surface area contributed by atoms with Crippen molar-refractivity contribution in [2.45, 2.75) is 33.4 Å². The van der Waals surface area contributed by atoms with Gasteiger partial charge in [0.1, 0.15) is 12.4 Å². The summed E-state index contributed by atoms with van der Waals surface area (Å²) in [7, 11) is 0. The van der Waals surface area contributed by atoms with Crippen LogP contribution in [-0.2, 0) is 11.3 Å². The smallest absolute Gasteiger partial charge is 0.262 e. The third-order valence-electron chi connectivity index (χ3n) is 4.07. The van der Waals surface area contributed by atoms with Crippen molar-refractivity contribution >= 4 is 22.6 Å². The molecule has 0 fully saturated rings. The van der Waals surface area contributed by atoms with E-state index in [1.807, 2.05) is 13.8 Å². The lowest BCUT2D eigenvalue weighted by Crippen LogP contribution is -2.43. The number of pyridine rings is 1. The fourth-order valence-electron chi connectivity index (χ4n) is 2.61. The molecule has 0 aromatic carbocycles. The molecule has 2 N–H and O–H groups in total. The van der Waals surface area contributed by atoms with E-state index in [2.05, 4.69) is 20.4 Å². The maximum Gasteiger partial charge on any atom is 0.262 e. The highest BCUT2D eigenvalue weighted by atomic mass is 16.3. The fourth-order valence-corrected chi connectivity index (χ4v) is 2.61. The average Bonchev–Trinajstić information content (AvgIpc) is 2.95. The molecule has 0 saturated heterocycles. The summed E-state index contributed by atoms with van der Waals surface area (Å²) in [5, 5.41) is 16.6. The molecule has 0 bridgehead atoms. The number of aromatic nitrogens is 5. The van der Waals surface area contributed by atoms with Gasteiger partial charge in [0, 0.05) is 12.4 Å². The number of amides is 1. The van der Waals surface area contributed by atoms with Crippen LogP contribution in [0.25, 0.3) is 16.7 Å². The zero-order valence-electron chi connectivity index (χ0n) is 14.3. The molecular weight excluding hydrogens is 324 g/mol. The van der Waals surface area contributed by atoms with Crippen LogP contribution in [0.3, 0.4) is 0 Å². The van der Waals surface area contributed by atoms with Crippen molar-refractivity contribution < 1.29 is 9.90 Å². The lowest BCUT2D eigenvalue weighted by atomic mass is 10.1. The topological polar surface area (TPSA) is 114 Å². The van der Waals surface area contributed by atoms with Crippen molar-refractivity contribution in [3.63, 3.8) is 0 Å². The zero-order chi connectivity index (χ0) is 18.1. The molecule has 1 atom stereocenters. The maximum absolute atomic E-state index is 12.6. The second kappa shape index (κ2) is 6.60. The lowest BCUT2D eigenvalue weighted by molar-refractivity contribution is -0.123. The molecule has 0 spiro atoms. The Morgan fingerprint density at radius 1 is 1.40 bits per heavy atom. The van der Waals surface area contributed by atoms with Gasteiger partial charge in [-0.1, -0.05) is 13.8 Å². The first-order valence-corrected chi connectivity index (χ1v) is 8.02. The Morgan fingerprint density at radius 3 is 2.84 bits per heavy atom. The first kappa shape index (κ1) is 17.0. The van der Waals surface area contributed by atoms with Crippen molar-refractivity contribution in [3.05, 3.63) is 34.6 Å². The SMILES string of the molecule is Cc1nc2ncc3c(=O)n(CC(=O)N[C@H](CO)C(C)C)ccc3n2n1. The van der Waals surface area contributed by atoms with Crippen LogP contribution < -0.4 is 10.9 Å². The van der Waals surface area contributed by atoms with Crippen molar-refractivity contribution in [1.82, 2.24) is 29.5 Å². The Hall–Kier alpha value is -2.81. The Balaban J connectivity index is 1.93. The predicted molar refractivity (Wildman–Crippen MR) is 91.1 cm³/mol. The first-order chi connectivity index (χ1) is 11.9. The zero-order valence-corrected chi connectivity index (χ0v) is 14.3. The molecule has 9 nitrogen and oxygen atoms in total. The second-order valence-electron chi connectivity index (χ2n) is 6.28. The number of fused-ring (bicyclic) bond motifs is 3. The summed E-state index contributed by atoms with van der Waals surface area (Å²) >= 11 is 0. The molecule has 3 aromatic heterocycles. The van der Waals surface area contributed by atoms with Crippen LogP contribution in [0.2, 0.25) is 0 Å². The molecule has 0 aliphatic rings. The molecule has 1 amide bonds. The van der Waals surface area contributed by atoms with Crippen LogP contribution in [0.4, 0.5) is 0 Å². The Kier molecular flexibility index (Phi) is 4.49. The van der Waals surface area contributed by atoms with Crippen LogP contribution in [0.5, 0.6) is 0 Å². The normalized spacial score (nSPS) is 12.8. The van der Waals surface area contributed by atoms with Gasteiger partial charge in [-0.25, -0.2) is 4.98 Å². The van der Waals surface area contributed by atoms with Gasteiger partial charge in [0.05, 0.1) is 23.6 Å². The number of nitrogens with one attached hydrogen (secondary N) is 1. The van der Waals surface area contributed by atoms with E-state index < -0.39 is 0 Å². The molecule has 9 heteroatoms. The van der Waals surface area contributed by atoms with Crippen molar-refractivity contribution in [2.24, 2.45) is 5.92 Å². The number of aliphatic hydroxyl groups excluding tert-OH is 1. The summed E-state index contributed by atoms with van der Waals surface area (Å²) in [6.45, 7) is 5.27. The molecular formula is C16H20N6O3. The van der Waals surface area contributed by atoms with E-state index in [0.29, 0.717) is 22.5 Å². The highest BCUT2D eigenvalue weighted by molar-refractivity contribution is 5.80. The van der Waals surface area contributed by atoms with Gasteiger partial charge in [-0.05, 0) is 18.9 Å². The van der Waals surface area contributed by atoms with Gasteiger partial charge < -0.3 is 15.0 Å². The summed E-state index contributed by atoms with van der Waals surface area (Å²) < 4.78 is 2.82. The molecule has 3 aromatic rings. The lowest BCUT2D eigenvalue weighted by Gasteiger charge is -2.20. The van der Waals surface area contributed by atoms with E-state index in [1.165, 1.54) is 15.3 Å². The molecule has 3 heterocycles. The Labute approximate surface area is 143 Å². The van der Waals surface area contributed by atoms with Crippen molar-refractivity contribution in [2.75, 3.05) is 6.61 Å². The Morgan fingerprint density at radius 2 is 2.16 bits per heavy atom. The maximum atomic E-state index is 12.6. The van der Waals surface area contributed by atoms with E-state index in [9.17, 15) is 14.7 Å². The van der Waals surface area contributed by atoms with E-state index in [-0.39, 0.29) is 36.6 Å². The highest BCUT2D eigenvalue weighted by Gasteiger charge is 2.16. The molecule has 0 unspecified atom stereocenters. The van der Waals surface area contributed by atoms with E-state index in [1.54, 1.807) is 19.2 Å². The Bertz CT molecular complexity index is 991. The van der Waals surface area contributed by atoms with Gasteiger partial charge in [0.25, 0.3) is 11.3 Å². The number of nitrogens with zero attached hydrogens (tertiary/aromatic N) is 5. The van der Waals surface area contributed by atoms with E-state index in [0.717, 1.165) is 0 Å². The number of carbonyl (C=O) groups is 1. The monoisotopic (exact) mass is 344 g/mol. The van der Waals surface area contributed by atoms with Gasteiger partial charge in [0.2, 0.25) is 5.91 Å². The highest BCUT2D eigenvalue weighted by Crippen LogP contribution is 2.10. The predicted octanol–water partition coefficient (Wildman–Crippen LogP) is -0.119. The van der Waals surface area contributed by atoms with Gasteiger partial charge in [-0.2, -0.15) is 9.50 Å². The van der Waals surface area contributed by atoms with Gasteiger partial charge in [-0.15, -0.1) is 5.10 Å². The third kappa shape index (κ3) is 3.22. The van der Waals surface area contributed by atoms with E-state index in [4.69, 9.17) is 0 Å². The van der Waals surface area contributed by atoms with Crippen molar-refractivity contribution in [1.29, 1.82) is 0 Å². The van der Waals surface area contributed by atoms with Gasteiger partial charge in [0.15, 0.2) is 0 Å². The largest absolute Gasteiger partial charge is 0.394 e. The number of hydrogen-bond donors (Lipinski definition) is 2. The summed E-state index contributed by atoms with van der Waals surface area (Å²) in [6.07, 6.45) is 2.99. The fraction of sp³-hybridized carbons (Fsp3) is 0.438. The molecule has 0 aliphatic carbocycles. The quantitative estimate of drug-likeness (QED) is 0.667. The molecule has 132 valence electrons. The number of carbonyl (C=O) groups excluding carboxylic acids is 1. The second-order valence-corrected chi connectivity index (χ2v) is 6.28. The standard InChI is InChI=1S/C16H20N6O3/c1-9(2)12(8-23)19-14(24)7-21-5-4-13-11(15(21)25)6-17-16-18-10(3)20-22(13)16/h4-6,9,12,23H,7-8H2,1-3H3,(H,19,24)/t12-/m1/s1. The molecule has 3 rings (SSSR count). The van der Waals surface area contributed by atoms with Gasteiger partial charge >= 0.3 is 0 Å². The molecule has 0 radical (unpaired) electrons. The number of aryl methyl sites for hydroxylation is 1. The summed E-state index contributed by atoms with van der Waals surface area (Å²) in [4.78, 5) is 33.1. The van der Waals surface area contributed by atoms with Crippen molar-refractivity contribution in [3.8, 4) is 0 Å². The number of rotatable bonds is 5. The third-order valence-corrected chi connectivity index (χ3v) is 4.07. The van der Waals surface area contributed by atoms with Crippen LogP contribution in [-0.4, -0.2) is 47.8 Å². The summed E-state index contributed by atoms with van der Waals surface area (Å²) in [5.41, 5.74) is 0.253. The summed E-state index contributed by atoms with van der Waals surface area (Å²) in [5.74, 6) is 0.741. The average molecular weight is 344 g/mol. The molecule has 0 aliphatic heterocycles. The minimum absolute atomic E-state index is 0.0929. The number of hydrogen-bond acceptors (Lipinski definition) is 6. The molecule has 0 saturated carbocycles. The minimum Gasteiger partial charge on any atom is -0.394 e. The minimum atomic E-state index is -0.344. The molecule has 25 heavy (non-hydrogen) atoms. The number of aliphatic hydroxyl groups is 1. The first-order valence-electron chi connectivity index (χ1n) is 8.02. The van der Waals surface area contributed by atoms with Crippen LogP contribution in [0, 0.1) is 12.8 Å². The van der Waals surface area contributed by atoms with Crippen LogP contribution >= 0.6 is 0 Å². The van der Waals surface area contributed by atoms with Crippen LogP contribution in [0.1, 0.15) is 19.7 Å². The van der Waals surface area contributed by atoms with Gasteiger partial charge in [-0.3, -0.25) is 9.59 Å². The van der Waals surface area contributed by atoms with Crippen LogP contribution in [0.15, 0.2) is 23.3 Å².